The Balaban J connectivity index is 3.86. The summed E-state index contributed by atoms with van der Waals surface area (Å²) in [6, 6.07) is 0. The molecule has 2 atom stereocenters. The van der Waals surface area contributed by atoms with Gasteiger partial charge in [-0.2, -0.15) is 0 Å². The van der Waals surface area contributed by atoms with E-state index in [1.165, 1.54) is 0 Å². The van der Waals surface area contributed by atoms with Crippen LogP contribution >= 0.6 is 0 Å². The molecule has 0 amide bonds. The van der Waals surface area contributed by atoms with E-state index in [0.29, 0.717) is 0 Å². The Morgan fingerprint density at radius 2 is 1.89 bits per heavy atom. The highest BCUT2D eigenvalue weighted by molar-refractivity contribution is 5.78. The summed E-state index contributed by atoms with van der Waals surface area (Å²) in [5.74, 6) is -1.65. The predicted octanol–water partition coefficient (Wildman–Crippen LogP) is -2.10. The third-order valence-corrected chi connectivity index (χ3v) is 0.673. The van der Waals surface area contributed by atoms with Gasteiger partial charge in [0, 0.05) is 0 Å². The van der Waals surface area contributed by atoms with Crippen LogP contribution in [0.25, 0.3) is 0 Å². The van der Waals surface area contributed by atoms with Crippen LogP contribution in [0.1, 0.15) is 0 Å². The van der Waals surface area contributed by atoms with Crippen LogP contribution < -0.4 is 0 Å². The van der Waals surface area contributed by atoms with E-state index >= 15 is 0 Å². The Hall–Kier alpha value is -0.940. The first-order valence-electron chi connectivity index (χ1n) is 2.06. The van der Waals surface area contributed by atoms with Gasteiger partial charge in [-0.25, -0.2) is 4.79 Å². The molecule has 0 fully saturated rings. The summed E-state index contributed by atoms with van der Waals surface area (Å²) < 4.78 is 0. The van der Waals surface area contributed by atoms with Gasteiger partial charge in [0.1, 0.15) is 0 Å². The Morgan fingerprint density at radius 1 is 1.44 bits per heavy atom. The number of hydrogen-bond donors (Lipinski definition) is 3. The van der Waals surface area contributed by atoms with E-state index in [9.17, 15) is 9.59 Å². The summed E-state index contributed by atoms with van der Waals surface area (Å²) in [7, 11) is 0. The zero-order chi connectivity index (χ0) is 7.44. The molecule has 0 aliphatic rings. The van der Waals surface area contributed by atoms with E-state index in [4.69, 9.17) is 15.3 Å². The average molecular weight is 133 g/mol. The number of carboxylic acid groups (broad SMARTS) is 1. The summed E-state index contributed by atoms with van der Waals surface area (Å²) in [5.41, 5.74) is 0. The molecule has 0 heterocycles. The smallest absolute Gasteiger partial charge is 0.335 e. The van der Waals surface area contributed by atoms with Gasteiger partial charge in [-0.15, -0.1) is 0 Å². The van der Waals surface area contributed by atoms with Crippen molar-refractivity contribution in [2.75, 3.05) is 0 Å². The second-order valence-electron chi connectivity index (χ2n) is 1.35. The Labute approximate surface area is 50.5 Å². The normalized spacial score (nSPS) is 16.2. The Kier molecular flexibility index (Phi) is 2.83. The highest BCUT2D eigenvalue weighted by atomic mass is 16.4. The second kappa shape index (κ2) is 3.16. The van der Waals surface area contributed by atoms with Crippen molar-refractivity contribution in [3.63, 3.8) is 0 Å². The van der Waals surface area contributed by atoms with Gasteiger partial charge < -0.3 is 15.3 Å². The molecule has 5 nitrogen and oxygen atoms in total. The maximum Gasteiger partial charge on any atom is 0.335 e. The first kappa shape index (κ1) is 8.06. The van der Waals surface area contributed by atoms with E-state index in [0.717, 1.165) is 6.29 Å². The lowest BCUT2D eigenvalue weighted by Gasteiger charge is -2.03. The molecule has 0 saturated carbocycles. The topological polar surface area (TPSA) is 94.8 Å². The highest BCUT2D eigenvalue weighted by Gasteiger charge is 2.23. The quantitative estimate of drug-likeness (QED) is 0.410. The van der Waals surface area contributed by atoms with E-state index in [1.54, 1.807) is 0 Å². The zero-order valence-electron chi connectivity index (χ0n) is 4.31. The molecule has 0 aromatic heterocycles. The predicted molar refractivity (Wildman–Crippen MR) is 25.3 cm³/mol. The van der Waals surface area contributed by atoms with Gasteiger partial charge in [-0.05, 0) is 0 Å². The van der Waals surface area contributed by atoms with Gasteiger partial charge in [0.15, 0.2) is 12.2 Å². The number of aliphatic carboxylic acids is 1. The van der Waals surface area contributed by atoms with Gasteiger partial charge in [0.25, 0.3) is 0 Å². The molecule has 2 unspecified atom stereocenters. The molecule has 0 spiro atoms. The standard InChI is InChI=1S/C4H5O5/c5-1-2(6)3(7)4(8)9/h2-3,6-7H,(H,8,9). The summed E-state index contributed by atoms with van der Waals surface area (Å²) in [4.78, 5) is 19.2. The number of rotatable bonds is 3. The van der Waals surface area contributed by atoms with Crippen LogP contribution in [0.3, 0.4) is 0 Å². The van der Waals surface area contributed by atoms with Gasteiger partial charge in [0.2, 0.25) is 6.29 Å². The van der Waals surface area contributed by atoms with Crippen molar-refractivity contribution in [3.05, 3.63) is 0 Å². The van der Waals surface area contributed by atoms with Crippen LogP contribution in [0, 0.1) is 0 Å². The average Bonchev–Trinajstić information content (AvgIpc) is 1.84. The lowest BCUT2D eigenvalue weighted by atomic mass is 10.2. The summed E-state index contributed by atoms with van der Waals surface area (Å²) in [6.07, 6.45) is -3.10. The minimum Gasteiger partial charge on any atom is -0.479 e. The SMILES string of the molecule is O=[C]C(O)C(O)C(=O)O. The molecule has 0 saturated heterocycles. The second-order valence-corrected chi connectivity index (χ2v) is 1.35. The first-order valence-corrected chi connectivity index (χ1v) is 2.06. The third-order valence-electron chi connectivity index (χ3n) is 0.673. The van der Waals surface area contributed by atoms with Crippen molar-refractivity contribution >= 4 is 12.3 Å². The van der Waals surface area contributed by atoms with E-state index in [2.05, 4.69) is 0 Å². The van der Waals surface area contributed by atoms with Gasteiger partial charge >= 0.3 is 5.97 Å². The summed E-state index contributed by atoms with van der Waals surface area (Å²) >= 11 is 0. The van der Waals surface area contributed by atoms with Gasteiger partial charge in [-0.1, -0.05) is 0 Å². The zero-order valence-corrected chi connectivity index (χ0v) is 4.31. The molecule has 0 bridgehead atoms. The maximum atomic E-state index is 9.71. The van der Waals surface area contributed by atoms with Gasteiger partial charge in [0.05, 0.1) is 0 Å². The van der Waals surface area contributed by atoms with E-state index < -0.39 is 18.2 Å². The van der Waals surface area contributed by atoms with Crippen LogP contribution in [0.15, 0.2) is 0 Å². The summed E-state index contributed by atoms with van der Waals surface area (Å²) in [5, 5.41) is 24.4. The molecule has 0 aromatic carbocycles. The minimum absolute atomic E-state index is 0.921. The molecular weight excluding hydrogens is 128 g/mol. The van der Waals surface area contributed by atoms with E-state index in [1.807, 2.05) is 0 Å². The summed E-state index contributed by atoms with van der Waals surface area (Å²) in [6.45, 7) is 0. The maximum absolute atomic E-state index is 9.71. The molecule has 5 heteroatoms. The van der Waals surface area contributed by atoms with Crippen molar-refractivity contribution in [1.82, 2.24) is 0 Å². The molecular formula is C4H5O5. The van der Waals surface area contributed by atoms with Gasteiger partial charge in [-0.3, -0.25) is 4.79 Å². The number of aliphatic hydroxyl groups excluding tert-OH is 2. The molecule has 0 rings (SSSR count). The number of carbonyl (C=O) groups is 1. The molecule has 3 N–H and O–H groups in total. The lowest BCUT2D eigenvalue weighted by molar-refractivity contribution is -0.150. The number of aliphatic hydroxyl groups is 2. The van der Waals surface area contributed by atoms with Crippen molar-refractivity contribution in [2.24, 2.45) is 0 Å². The van der Waals surface area contributed by atoms with Crippen LogP contribution in [0.5, 0.6) is 0 Å². The van der Waals surface area contributed by atoms with Crippen LogP contribution in [-0.4, -0.2) is 39.8 Å². The molecule has 9 heavy (non-hydrogen) atoms. The number of hydrogen-bond acceptors (Lipinski definition) is 4. The fraction of sp³-hybridized carbons (Fsp3) is 0.500. The monoisotopic (exact) mass is 133 g/mol. The van der Waals surface area contributed by atoms with Crippen molar-refractivity contribution < 1.29 is 24.9 Å². The fourth-order valence-corrected chi connectivity index (χ4v) is 0.200. The molecule has 0 aliphatic carbocycles. The first-order chi connectivity index (χ1) is 4.09. The molecule has 1 radical (unpaired) electrons. The largest absolute Gasteiger partial charge is 0.479 e. The molecule has 0 aromatic rings. The minimum atomic E-state index is -2.07. The van der Waals surface area contributed by atoms with Crippen molar-refractivity contribution in [3.8, 4) is 0 Å². The molecule has 0 aliphatic heterocycles. The lowest BCUT2D eigenvalue weighted by Crippen LogP contribution is -2.34. The van der Waals surface area contributed by atoms with Crippen LogP contribution in [0.4, 0.5) is 0 Å². The van der Waals surface area contributed by atoms with E-state index in [-0.39, 0.29) is 0 Å². The Morgan fingerprint density at radius 3 is 2.00 bits per heavy atom. The molecule has 51 valence electrons. The number of carbonyl (C=O) groups excluding carboxylic acids is 1. The van der Waals surface area contributed by atoms with Crippen LogP contribution in [0.2, 0.25) is 0 Å². The third kappa shape index (κ3) is 2.20. The fourth-order valence-electron chi connectivity index (χ4n) is 0.200. The van der Waals surface area contributed by atoms with Crippen molar-refractivity contribution in [1.29, 1.82) is 0 Å². The van der Waals surface area contributed by atoms with Crippen molar-refractivity contribution in [2.45, 2.75) is 12.2 Å². The Bertz CT molecular complexity index is 120. The number of carboxylic acids is 1. The highest BCUT2D eigenvalue weighted by Crippen LogP contribution is 1.88. The van der Waals surface area contributed by atoms with Crippen LogP contribution in [-0.2, 0) is 9.59 Å².